The number of nitrogens with two attached hydrogens (primary N) is 1. The van der Waals surface area contributed by atoms with E-state index in [1.165, 1.54) is 14.1 Å². The number of nitrogens with zero attached hydrogens (tertiary/aromatic N) is 2. The summed E-state index contributed by atoms with van der Waals surface area (Å²) in [7, 11) is 2.76. The van der Waals surface area contributed by atoms with Crippen molar-refractivity contribution in [3.8, 4) is 5.75 Å². The largest absolute Gasteiger partial charge is 0.507 e. The van der Waals surface area contributed by atoms with Gasteiger partial charge in [-0.15, -0.1) is 0 Å². The fourth-order valence-corrected chi connectivity index (χ4v) is 4.87. The van der Waals surface area contributed by atoms with Gasteiger partial charge in [0, 0.05) is 29.9 Å². The molecule has 35 heavy (non-hydrogen) atoms. The molecule has 5 rings (SSSR count). The molecule has 5 aromatic rings. The van der Waals surface area contributed by atoms with E-state index in [4.69, 9.17) is 17.3 Å². The summed E-state index contributed by atoms with van der Waals surface area (Å²) < 4.78 is 2.04. The molecule has 0 spiro atoms. The number of benzene rings is 3. The molecule has 0 saturated carbocycles. The van der Waals surface area contributed by atoms with Crippen molar-refractivity contribution >= 4 is 39.1 Å². The second-order valence-electron chi connectivity index (χ2n) is 8.38. The van der Waals surface area contributed by atoms with Gasteiger partial charge >= 0.3 is 5.69 Å². The van der Waals surface area contributed by atoms with E-state index in [2.05, 4.69) is 4.98 Å². The van der Waals surface area contributed by atoms with Crippen molar-refractivity contribution in [1.82, 2.24) is 14.1 Å². The zero-order valence-electron chi connectivity index (χ0n) is 18.9. The lowest BCUT2D eigenvalue weighted by Gasteiger charge is -2.23. The number of aromatic hydroxyl groups is 1. The molecule has 0 aliphatic carbocycles. The van der Waals surface area contributed by atoms with Crippen LogP contribution in [-0.2, 0) is 14.1 Å². The third kappa shape index (κ3) is 3.33. The number of nitrogens with one attached hydrogen (secondary N) is 1. The number of nitrogen functional groups attached to an aromatic ring is 1. The number of fused-ring (bicyclic) bond motifs is 3. The first-order valence-electron chi connectivity index (χ1n) is 10.8. The van der Waals surface area contributed by atoms with Crippen LogP contribution in [0.5, 0.6) is 5.75 Å². The molecule has 176 valence electrons. The lowest BCUT2D eigenvalue weighted by Crippen LogP contribution is -2.41. The predicted octanol–water partition coefficient (Wildman–Crippen LogP) is 3.20. The Bertz CT molecular complexity index is 1830. The van der Waals surface area contributed by atoms with Gasteiger partial charge in [0.05, 0.1) is 22.6 Å². The highest BCUT2D eigenvalue weighted by Gasteiger charge is 2.32. The number of anilines is 1. The smallest absolute Gasteiger partial charge is 0.332 e. The van der Waals surface area contributed by atoms with Crippen molar-refractivity contribution < 1.29 is 5.11 Å². The molecule has 4 N–H and O–H groups in total. The van der Waals surface area contributed by atoms with Crippen LogP contribution in [0, 0.1) is 0 Å². The van der Waals surface area contributed by atoms with Gasteiger partial charge in [0.25, 0.3) is 11.1 Å². The average Bonchev–Trinajstić information content (AvgIpc) is 2.85. The van der Waals surface area contributed by atoms with Gasteiger partial charge in [0.1, 0.15) is 11.6 Å². The molecule has 0 fully saturated rings. The van der Waals surface area contributed by atoms with Crippen LogP contribution < -0.4 is 22.5 Å². The SMILES string of the molecule is Cn1c(N)c(C(c2ccccc2Cl)c2c(O)c3ccc4ccccc4c3[nH]c2=O)c(=O)n(C)c1=O. The van der Waals surface area contributed by atoms with Crippen LogP contribution in [0.1, 0.15) is 22.6 Å². The fourth-order valence-electron chi connectivity index (χ4n) is 4.63. The van der Waals surface area contributed by atoms with Crippen LogP contribution in [0.4, 0.5) is 5.82 Å². The topological polar surface area (TPSA) is 123 Å². The summed E-state index contributed by atoms with van der Waals surface area (Å²) in [6, 6.07) is 17.7. The van der Waals surface area contributed by atoms with Gasteiger partial charge < -0.3 is 15.8 Å². The highest BCUT2D eigenvalue weighted by atomic mass is 35.5. The van der Waals surface area contributed by atoms with Crippen LogP contribution in [0.2, 0.25) is 5.02 Å². The Morgan fingerprint density at radius 3 is 2.31 bits per heavy atom. The Labute approximate surface area is 203 Å². The van der Waals surface area contributed by atoms with Gasteiger partial charge in [-0.25, -0.2) is 4.79 Å². The molecular weight excluding hydrogens is 468 g/mol. The van der Waals surface area contributed by atoms with E-state index in [9.17, 15) is 19.5 Å². The summed E-state index contributed by atoms with van der Waals surface area (Å²) in [6.07, 6.45) is 0. The minimum absolute atomic E-state index is 0.0383. The molecule has 1 unspecified atom stereocenters. The third-order valence-corrected chi connectivity index (χ3v) is 6.81. The molecule has 0 aliphatic heterocycles. The van der Waals surface area contributed by atoms with Crippen molar-refractivity contribution in [3.05, 3.63) is 114 Å². The van der Waals surface area contributed by atoms with Crippen molar-refractivity contribution in [2.75, 3.05) is 5.73 Å². The number of hydrogen-bond donors (Lipinski definition) is 3. The second-order valence-corrected chi connectivity index (χ2v) is 8.79. The maximum absolute atomic E-state index is 13.6. The van der Waals surface area contributed by atoms with Crippen LogP contribution in [0.3, 0.4) is 0 Å². The molecule has 8 nitrogen and oxygen atoms in total. The van der Waals surface area contributed by atoms with Crippen LogP contribution in [0.15, 0.2) is 75.0 Å². The van der Waals surface area contributed by atoms with Gasteiger partial charge in [0.15, 0.2) is 0 Å². The molecule has 1 atom stereocenters. The minimum Gasteiger partial charge on any atom is -0.507 e. The van der Waals surface area contributed by atoms with E-state index in [1.807, 2.05) is 30.3 Å². The number of aromatic amines is 1. The number of H-pyrrole nitrogens is 1. The Balaban J connectivity index is 1.96. The van der Waals surface area contributed by atoms with Crippen molar-refractivity contribution in [1.29, 1.82) is 0 Å². The summed E-state index contributed by atoms with van der Waals surface area (Å²) in [6.45, 7) is 0. The van der Waals surface area contributed by atoms with E-state index < -0.39 is 22.7 Å². The van der Waals surface area contributed by atoms with Gasteiger partial charge in [-0.05, 0) is 23.1 Å². The van der Waals surface area contributed by atoms with Crippen molar-refractivity contribution in [2.45, 2.75) is 5.92 Å². The Hall–Kier alpha value is -4.30. The van der Waals surface area contributed by atoms with E-state index in [1.54, 1.807) is 30.3 Å². The number of hydrogen-bond acceptors (Lipinski definition) is 5. The molecule has 0 amide bonds. The normalized spacial score (nSPS) is 12.3. The Morgan fingerprint density at radius 1 is 0.886 bits per heavy atom. The molecule has 2 aromatic heterocycles. The lowest BCUT2D eigenvalue weighted by atomic mass is 9.84. The first-order valence-corrected chi connectivity index (χ1v) is 11.2. The van der Waals surface area contributed by atoms with E-state index in [0.717, 1.165) is 19.9 Å². The van der Waals surface area contributed by atoms with Crippen molar-refractivity contribution in [3.63, 3.8) is 0 Å². The number of halogens is 1. The third-order valence-electron chi connectivity index (χ3n) is 6.46. The highest BCUT2D eigenvalue weighted by molar-refractivity contribution is 6.31. The van der Waals surface area contributed by atoms with Gasteiger partial charge in [-0.1, -0.05) is 60.1 Å². The zero-order valence-corrected chi connectivity index (χ0v) is 19.6. The van der Waals surface area contributed by atoms with E-state index in [0.29, 0.717) is 16.5 Å². The molecule has 2 heterocycles. The fraction of sp³-hybridized carbons (Fsp3) is 0.115. The summed E-state index contributed by atoms with van der Waals surface area (Å²) in [5.41, 5.74) is 5.09. The summed E-state index contributed by atoms with van der Waals surface area (Å²) >= 11 is 6.52. The minimum atomic E-state index is -1.14. The molecule has 0 aliphatic rings. The molecular formula is C26H21ClN4O4. The molecule has 3 aromatic carbocycles. The standard InChI is InChI=1S/C26H21ClN4O4/c1-30-23(28)20(25(34)31(2)26(30)35)18(15-9-5-6-10-17(15)27)19-22(32)16-12-11-13-7-3-4-8-14(13)21(16)29-24(19)33/h3-12,18H,28H2,1-2H3,(H2,29,32,33). The summed E-state index contributed by atoms with van der Waals surface area (Å²) in [4.78, 5) is 42.3. The molecule has 9 heteroatoms. The predicted molar refractivity (Wildman–Crippen MR) is 137 cm³/mol. The van der Waals surface area contributed by atoms with Crippen LogP contribution in [-0.4, -0.2) is 19.2 Å². The van der Waals surface area contributed by atoms with E-state index in [-0.39, 0.29) is 27.7 Å². The van der Waals surface area contributed by atoms with Crippen LogP contribution in [0.25, 0.3) is 21.7 Å². The number of rotatable bonds is 3. The molecule has 0 radical (unpaired) electrons. The number of pyridine rings is 1. The van der Waals surface area contributed by atoms with Gasteiger partial charge in [-0.3, -0.25) is 18.7 Å². The van der Waals surface area contributed by atoms with E-state index >= 15 is 0 Å². The van der Waals surface area contributed by atoms with Crippen LogP contribution >= 0.6 is 11.6 Å². The quantitative estimate of drug-likeness (QED) is 0.336. The maximum Gasteiger partial charge on any atom is 0.332 e. The highest BCUT2D eigenvalue weighted by Crippen LogP contribution is 2.41. The monoisotopic (exact) mass is 488 g/mol. The van der Waals surface area contributed by atoms with Gasteiger partial charge in [0.2, 0.25) is 0 Å². The zero-order chi connectivity index (χ0) is 25.0. The Morgan fingerprint density at radius 2 is 1.57 bits per heavy atom. The molecule has 0 saturated heterocycles. The molecule has 0 bridgehead atoms. The lowest BCUT2D eigenvalue weighted by molar-refractivity contribution is 0.471. The first-order chi connectivity index (χ1) is 16.7. The number of aromatic nitrogens is 3. The summed E-state index contributed by atoms with van der Waals surface area (Å²) in [5.74, 6) is -1.57. The maximum atomic E-state index is 13.6. The summed E-state index contributed by atoms with van der Waals surface area (Å²) in [5, 5.41) is 13.8. The first kappa shape index (κ1) is 22.5. The Kier molecular flexibility index (Phi) is 5.25. The van der Waals surface area contributed by atoms with Crippen molar-refractivity contribution in [2.24, 2.45) is 14.1 Å². The second kappa shape index (κ2) is 8.18. The van der Waals surface area contributed by atoms with Gasteiger partial charge in [-0.2, -0.15) is 0 Å². The average molecular weight is 489 g/mol.